The van der Waals surface area contributed by atoms with E-state index in [4.69, 9.17) is 19.7 Å². The van der Waals surface area contributed by atoms with Gasteiger partial charge in [0.25, 0.3) is 0 Å². The smallest absolute Gasteiger partial charge is 0.306 e. The van der Waals surface area contributed by atoms with Gasteiger partial charge < -0.3 is 25.8 Å². The molecule has 0 spiro atoms. The molecule has 0 amide bonds. The van der Waals surface area contributed by atoms with Crippen molar-refractivity contribution in [3.8, 4) is 0 Å². The molecule has 148 valence electrons. The quantitative estimate of drug-likeness (QED) is 0.348. The Morgan fingerprint density at radius 1 is 0.680 bits per heavy atom. The minimum absolute atomic E-state index is 0. The number of esters is 2. The zero-order valence-electron chi connectivity index (χ0n) is 15.1. The van der Waals surface area contributed by atoms with E-state index in [9.17, 15) is 19.2 Å². The fraction of sp³-hybridized carbons (Fsp3) is 0.750. The van der Waals surface area contributed by atoms with Gasteiger partial charge in [0, 0.05) is 0 Å². The van der Waals surface area contributed by atoms with Crippen molar-refractivity contribution in [2.24, 2.45) is 0 Å². The van der Waals surface area contributed by atoms with Crippen molar-refractivity contribution < 1.29 is 38.9 Å². The summed E-state index contributed by atoms with van der Waals surface area (Å²) in [5.74, 6) is -2.79. The first kappa shape index (κ1) is 27.7. The molecule has 0 unspecified atom stereocenters. The Morgan fingerprint density at radius 3 is 1.24 bits per heavy atom. The molecule has 0 heterocycles. The lowest BCUT2D eigenvalue weighted by molar-refractivity contribution is -0.147. The Bertz CT molecular complexity index is 348. The molecule has 0 rings (SSSR count). The molecule has 0 aliphatic rings. The minimum Gasteiger partial charge on any atom is -0.481 e. The van der Waals surface area contributed by atoms with Gasteiger partial charge in [-0.2, -0.15) is 0 Å². The molecule has 0 aromatic carbocycles. The summed E-state index contributed by atoms with van der Waals surface area (Å²) in [4.78, 5) is 41.5. The van der Waals surface area contributed by atoms with Crippen LogP contribution in [0.4, 0.5) is 0 Å². The number of ether oxygens (including phenoxy) is 2. The van der Waals surface area contributed by atoms with Crippen LogP contribution >= 0.6 is 0 Å². The van der Waals surface area contributed by atoms with Crippen molar-refractivity contribution in [2.75, 3.05) is 13.2 Å². The second kappa shape index (κ2) is 19.9. The number of unbranched alkanes of at least 4 members (excludes halogenated alkanes) is 2. The third-order valence-corrected chi connectivity index (χ3v) is 2.61. The van der Waals surface area contributed by atoms with Crippen molar-refractivity contribution >= 4 is 23.9 Å². The highest BCUT2D eigenvalue weighted by molar-refractivity contribution is 5.76. The highest BCUT2D eigenvalue weighted by atomic mass is 16.5. The normalized spacial score (nSPS) is 9.04. The lowest BCUT2D eigenvalue weighted by Crippen LogP contribution is -2.08. The lowest BCUT2D eigenvalue weighted by atomic mass is 10.3. The maximum Gasteiger partial charge on any atom is 0.306 e. The van der Waals surface area contributed by atoms with Crippen molar-refractivity contribution in [1.29, 1.82) is 0 Å². The first-order valence-electron chi connectivity index (χ1n) is 8.08. The van der Waals surface area contributed by atoms with Gasteiger partial charge >= 0.3 is 23.9 Å². The van der Waals surface area contributed by atoms with Gasteiger partial charge in [-0.3, -0.25) is 19.2 Å². The number of carbonyl (C=O) groups is 4. The molecule has 0 saturated heterocycles. The molecule has 0 radical (unpaired) electrons. The number of hydrogen-bond acceptors (Lipinski definition) is 7. The van der Waals surface area contributed by atoms with Crippen LogP contribution in [0.5, 0.6) is 0 Å². The molecular formula is C16H31NO8. The summed E-state index contributed by atoms with van der Waals surface area (Å²) in [5.41, 5.74) is 0. The first-order chi connectivity index (χ1) is 11.3. The molecule has 25 heavy (non-hydrogen) atoms. The molecule has 0 aromatic heterocycles. The van der Waals surface area contributed by atoms with Crippen LogP contribution in [0.15, 0.2) is 0 Å². The Hall–Kier alpha value is -2.16. The van der Waals surface area contributed by atoms with E-state index < -0.39 is 23.9 Å². The Kier molecular flexibility index (Phi) is 22.0. The van der Waals surface area contributed by atoms with Crippen LogP contribution in [0, 0.1) is 0 Å². The van der Waals surface area contributed by atoms with Crippen LogP contribution in [0.1, 0.15) is 65.2 Å². The number of carbonyl (C=O) groups excluding carboxylic acids is 2. The molecule has 0 aliphatic carbocycles. The van der Waals surface area contributed by atoms with E-state index in [0.29, 0.717) is 13.2 Å². The fourth-order valence-corrected chi connectivity index (χ4v) is 1.22. The lowest BCUT2D eigenvalue weighted by Gasteiger charge is -2.01. The average molecular weight is 365 g/mol. The topological polar surface area (TPSA) is 162 Å². The third-order valence-electron chi connectivity index (χ3n) is 2.61. The molecule has 0 fully saturated rings. The first-order valence-corrected chi connectivity index (χ1v) is 8.08. The zero-order chi connectivity index (χ0) is 18.8. The summed E-state index contributed by atoms with van der Waals surface area (Å²) >= 11 is 0. The van der Waals surface area contributed by atoms with Crippen molar-refractivity contribution in [1.82, 2.24) is 6.15 Å². The summed E-state index contributed by atoms with van der Waals surface area (Å²) < 4.78 is 9.46. The molecule has 0 aliphatic heterocycles. The zero-order valence-corrected chi connectivity index (χ0v) is 15.1. The molecule has 0 bridgehead atoms. The maximum absolute atomic E-state index is 10.7. The number of carboxylic acid groups (broad SMARTS) is 2. The van der Waals surface area contributed by atoms with Gasteiger partial charge in [-0.1, -0.05) is 26.7 Å². The maximum atomic E-state index is 10.7. The van der Waals surface area contributed by atoms with Crippen molar-refractivity contribution in [3.05, 3.63) is 0 Å². The Labute approximate surface area is 148 Å². The average Bonchev–Trinajstić information content (AvgIpc) is 2.52. The van der Waals surface area contributed by atoms with Gasteiger partial charge in [-0.15, -0.1) is 0 Å². The van der Waals surface area contributed by atoms with Gasteiger partial charge in [-0.05, 0) is 12.8 Å². The third kappa shape index (κ3) is 27.0. The van der Waals surface area contributed by atoms with E-state index in [2.05, 4.69) is 0 Å². The number of aliphatic carboxylic acids is 2. The molecule has 0 aromatic rings. The van der Waals surface area contributed by atoms with Crippen LogP contribution in [-0.4, -0.2) is 47.3 Å². The number of carboxylic acids is 2. The van der Waals surface area contributed by atoms with Gasteiger partial charge in [-0.25, -0.2) is 0 Å². The highest BCUT2D eigenvalue weighted by Gasteiger charge is 2.06. The molecular weight excluding hydrogens is 334 g/mol. The van der Waals surface area contributed by atoms with Gasteiger partial charge in [0.1, 0.15) is 0 Å². The Balaban J connectivity index is -0.000000372. The van der Waals surface area contributed by atoms with Crippen LogP contribution in [0.2, 0.25) is 0 Å². The van der Waals surface area contributed by atoms with E-state index in [1.165, 1.54) is 0 Å². The molecule has 9 heteroatoms. The van der Waals surface area contributed by atoms with Gasteiger partial charge in [0.15, 0.2) is 0 Å². The Morgan fingerprint density at radius 2 is 1.00 bits per heavy atom. The van der Waals surface area contributed by atoms with E-state index >= 15 is 0 Å². The molecule has 0 atom stereocenters. The van der Waals surface area contributed by atoms with Gasteiger partial charge in [0.05, 0.1) is 38.9 Å². The molecule has 9 nitrogen and oxygen atoms in total. The van der Waals surface area contributed by atoms with E-state index in [-0.39, 0.29) is 31.8 Å². The minimum atomic E-state index is -0.970. The van der Waals surface area contributed by atoms with E-state index in [1.54, 1.807) is 0 Å². The second-order valence-corrected chi connectivity index (χ2v) is 4.94. The van der Waals surface area contributed by atoms with Crippen LogP contribution < -0.4 is 6.15 Å². The monoisotopic (exact) mass is 365 g/mol. The summed E-state index contributed by atoms with van der Waals surface area (Å²) in [7, 11) is 0. The standard InChI is InChI=1S/2C8H14O4.H3N/c2*1-2-3-6-12-8(11)5-4-7(9)10;/h2*2-6H2,1H3,(H,9,10);1H3. The van der Waals surface area contributed by atoms with Crippen LogP contribution in [0.3, 0.4) is 0 Å². The largest absolute Gasteiger partial charge is 0.481 e. The summed E-state index contributed by atoms with van der Waals surface area (Å²) in [6.45, 7) is 4.78. The van der Waals surface area contributed by atoms with E-state index in [1.807, 2.05) is 13.8 Å². The van der Waals surface area contributed by atoms with E-state index in [0.717, 1.165) is 25.7 Å². The van der Waals surface area contributed by atoms with Crippen LogP contribution in [-0.2, 0) is 28.7 Å². The second-order valence-electron chi connectivity index (χ2n) is 4.94. The van der Waals surface area contributed by atoms with Crippen molar-refractivity contribution in [3.63, 3.8) is 0 Å². The summed E-state index contributed by atoms with van der Waals surface area (Å²) in [6.07, 6.45) is 3.24. The highest BCUT2D eigenvalue weighted by Crippen LogP contribution is 1.96. The van der Waals surface area contributed by atoms with Crippen LogP contribution in [0.25, 0.3) is 0 Å². The predicted octanol–water partition coefficient (Wildman–Crippen LogP) is 2.55. The SMILES string of the molecule is CCCCOC(=O)CCC(=O)O.CCCCOC(=O)CCC(=O)O.N. The molecule has 5 N–H and O–H groups in total. The number of rotatable bonds is 12. The van der Waals surface area contributed by atoms with Gasteiger partial charge in [0.2, 0.25) is 0 Å². The summed E-state index contributed by atoms with van der Waals surface area (Å²) in [6, 6.07) is 0. The van der Waals surface area contributed by atoms with Crippen molar-refractivity contribution in [2.45, 2.75) is 65.2 Å². The summed E-state index contributed by atoms with van der Waals surface area (Å²) in [5, 5.41) is 16.5. The fourth-order valence-electron chi connectivity index (χ4n) is 1.22. The number of hydrogen-bond donors (Lipinski definition) is 3. The molecule has 0 saturated carbocycles. The predicted molar refractivity (Wildman–Crippen MR) is 90.5 cm³/mol.